The third kappa shape index (κ3) is 7.04. The van der Waals surface area contributed by atoms with Crippen LogP contribution in [0.2, 0.25) is 0 Å². The van der Waals surface area contributed by atoms with Gasteiger partial charge in [0.2, 0.25) is 5.91 Å². The van der Waals surface area contributed by atoms with Crippen molar-refractivity contribution in [1.82, 2.24) is 4.90 Å². The average molecular weight is 503 g/mol. The third-order valence-electron chi connectivity index (χ3n) is 6.97. The molecule has 6 nitrogen and oxygen atoms in total. The highest BCUT2D eigenvalue weighted by Crippen LogP contribution is 2.34. The number of nitrogens with zero attached hydrogens (tertiary/aromatic N) is 1. The molecule has 0 aliphatic carbocycles. The van der Waals surface area contributed by atoms with Gasteiger partial charge in [0, 0.05) is 24.2 Å². The summed E-state index contributed by atoms with van der Waals surface area (Å²) in [6.45, 7) is 6.60. The summed E-state index contributed by atoms with van der Waals surface area (Å²) in [5.41, 5.74) is 3.32. The number of methoxy groups -OCH3 is 2. The fraction of sp³-hybridized carbons (Fsp3) is 0.387. The molecule has 1 saturated heterocycles. The Labute approximate surface area is 220 Å². The summed E-state index contributed by atoms with van der Waals surface area (Å²) in [6.07, 6.45) is 2.03. The molecule has 1 fully saturated rings. The van der Waals surface area contributed by atoms with E-state index in [0.29, 0.717) is 17.4 Å². The summed E-state index contributed by atoms with van der Waals surface area (Å²) in [6, 6.07) is 24.4. The standard InChI is InChI=1S/C31H38N2O4/c1-22(2)31(34)32-26-12-8-11-25(19-26)23-15-17-33(18-16-23)21-30(24-9-6-5-7-10-24)37-27-13-14-28(35-3)29(20-27)36-4/h5-14,19-20,22-23,30H,15-18,21H2,1-4H3,(H,32,34)/t30-/m1/s1. The fourth-order valence-electron chi connectivity index (χ4n) is 4.77. The van der Waals surface area contributed by atoms with Gasteiger partial charge in [0.05, 0.1) is 14.2 Å². The van der Waals surface area contributed by atoms with Crippen molar-refractivity contribution < 1.29 is 19.0 Å². The number of carbonyl (C=O) groups is 1. The molecule has 1 amide bonds. The summed E-state index contributed by atoms with van der Waals surface area (Å²) in [7, 11) is 3.27. The summed E-state index contributed by atoms with van der Waals surface area (Å²) >= 11 is 0. The number of hydrogen-bond donors (Lipinski definition) is 1. The molecule has 1 aliphatic heterocycles. The molecule has 0 radical (unpaired) electrons. The van der Waals surface area contributed by atoms with Gasteiger partial charge in [-0.15, -0.1) is 0 Å². The summed E-state index contributed by atoms with van der Waals surface area (Å²) in [5, 5.41) is 3.03. The number of amides is 1. The fourth-order valence-corrected chi connectivity index (χ4v) is 4.77. The molecule has 1 aliphatic rings. The van der Waals surface area contributed by atoms with Crippen LogP contribution in [0.1, 0.15) is 49.8 Å². The van der Waals surface area contributed by atoms with E-state index in [-0.39, 0.29) is 17.9 Å². The Bertz CT molecular complexity index is 1160. The monoisotopic (exact) mass is 502 g/mol. The van der Waals surface area contributed by atoms with E-state index in [1.165, 1.54) is 5.56 Å². The van der Waals surface area contributed by atoms with Gasteiger partial charge in [-0.05, 0) is 67.2 Å². The van der Waals surface area contributed by atoms with Gasteiger partial charge in [-0.2, -0.15) is 0 Å². The van der Waals surface area contributed by atoms with E-state index in [0.717, 1.165) is 49.5 Å². The van der Waals surface area contributed by atoms with Crippen LogP contribution in [-0.4, -0.2) is 44.7 Å². The Hall–Kier alpha value is -3.51. The lowest BCUT2D eigenvalue weighted by molar-refractivity contribution is -0.118. The van der Waals surface area contributed by atoms with Crippen LogP contribution in [0, 0.1) is 5.92 Å². The number of likely N-dealkylation sites (tertiary alicyclic amines) is 1. The molecule has 0 aromatic heterocycles. The lowest BCUT2D eigenvalue weighted by Crippen LogP contribution is -2.37. The molecule has 3 aromatic rings. The lowest BCUT2D eigenvalue weighted by atomic mass is 9.89. The first-order valence-corrected chi connectivity index (χ1v) is 13.0. The van der Waals surface area contributed by atoms with Gasteiger partial charge in [0.15, 0.2) is 11.5 Å². The molecule has 0 saturated carbocycles. The van der Waals surface area contributed by atoms with Gasteiger partial charge < -0.3 is 19.5 Å². The smallest absolute Gasteiger partial charge is 0.226 e. The number of hydrogen-bond acceptors (Lipinski definition) is 5. The first kappa shape index (κ1) is 26.6. The van der Waals surface area contributed by atoms with Crippen molar-refractivity contribution in [3.8, 4) is 17.2 Å². The van der Waals surface area contributed by atoms with Crippen molar-refractivity contribution in [2.75, 3.05) is 39.2 Å². The second-order valence-electron chi connectivity index (χ2n) is 9.88. The normalized spacial score (nSPS) is 15.3. The van der Waals surface area contributed by atoms with Gasteiger partial charge >= 0.3 is 0 Å². The van der Waals surface area contributed by atoms with Crippen LogP contribution in [0.15, 0.2) is 72.8 Å². The largest absolute Gasteiger partial charge is 0.493 e. The maximum absolute atomic E-state index is 12.1. The predicted octanol–water partition coefficient (Wildman–Crippen LogP) is 6.30. The van der Waals surface area contributed by atoms with Gasteiger partial charge in [0.25, 0.3) is 0 Å². The number of benzene rings is 3. The Morgan fingerprint density at radius 1 is 0.919 bits per heavy atom. The van der Waals surface area contributed by atoms with Crippen LogP contribution in [-0.2, 0) is 4.79 Å². The molecule has 1 N–H and O–H groups in total. The van der Waals surface area contributed by atoms with E-state index in [1.54, 1.807) is 14.2 Å². The lowest BCUT2D eigenvalue weighted by Gasteiger charge is -2.34. The number of rotatable bonds is 10. The molecule has 6 heteroatoms. The zero-order chi connectivity index (χ0) is 26.2. The Balaban J connectivity index is 1.41. The Kier molecular flexibility index (Phi) is 9.07. The molecule has 37 heavy (non-hydrogen) atoms. The van der Waals surface area contributed by atoms with Crippen molar-refractivity contribution in [2.45, 2.75) is 38.7 Å². The third-order valence-corrected chi connectivity index (χ3v) is 6.97. The molecule has 1 atom stereocenters. The maximum Gasteiger partial charge on any atom is 0.226 e. The zero-order valence-electron chi connectivity index (χ0n) is 22.3. The molecule has 1 heterocycles. The number of nitrogens with one attached hydrogen (secondary N) is 1. The van der Waals surface area contributed by atoms with Crippen molar-refractivity contribution >= 4 is 11.6 Å². The van der Waals surface area contributed by atoms with Crippen LogP contribution in [0.5, 0.6) is 17.2 Å². The van der Waals surface area contributed by atoms with E-state index >= 15 is 0 Å². The van der Waals surface area contributed by atoms with Gasteiger partial charge in [-0.25, -0.2) is 0 Å². The first-order chi connectivity index (χ1) is 18.0. The Morgan fingerprint density at radius 2 is 1.65 bits per heavy atom. The number of anilines is 1. The maximum atomic E-state index is 12.1. The molecule has 0 unspecified atom stereocenters. The number of carbonyl (C=O) groups excluding carboxylic acids is 1. The van der Waals surface area contributed by atoms with Crippen molar-refractivity contribution in [3.05, 3.63) is 83.9 Å². The van der Waals surface area contributed by atoms with E-state index in [9.17, 15) is 4.79 Å². The van der Waals surface area contributed by atoms with E-state index in [1.807, 2.05) is 50.2 Å². The van der Waals surface area contributed by atoms with Crippen LogP contribution < -0.4 is 19.5 Å². The van der Waals surface area contributed by atoms with Gasteiger partial charge in [0.1, 0.15) is 11.9 Å². The van der Waals surface area contributed by atoms with Crippen molar-refractivity contribution in [1.29, 1.82) is 0 Å². The quantitative estimate of drug-likeness (QED) is 0.353. The minimum atomic E-state index is -0.106. The van der Waals surface area contributed by atoms with Crippen LogP contribution in [0.3, 0.4) is 0 Å². The van der Waals surface area contributed by atoms with Crippen molar-refractivity contribution in [2.24, 2.45) is 5.92 Å². The Morgan fingerprint density at radius 3 is 2.32 bits per heavy atom. The average Bonchev–Trinajstić information content (AvgIpc) is 2.93. The van der Waals surface area contributed by atoms with Crippen LogP contribution in [0.25, 0.3) is 0 Å². The van der Waals surface area contributed by atoms with Gasteiger partial charge in [-0.1, -0.05) is 56.3 Å². The highest BCUT2D eigenvalue weighted by atomic mass is 16.5. The van der Waals surface area contributed by atoms with E-state index in [2.05, 4.69) is 46.6 Å². The topological polar surface area (TPSA) is 60.0 Å². The minimum absolute atomic E-state index is 0.0364. The molecule has 3 aromatic carbocycles. The molecule has 0 bridgehead atoms. The molecular formula is C31H38N2O4. The van der Waals surface area contributed by atoms with Crippen LogP contribution >= 0.6 is 0 Å². The second kappa shape index (κ2) is 12.6. The minimum Gasteiger partial charge on any atom is -0.493 e. The zero-order valence-corrected chi connectivity index (χ0v) is 22.3. The predicted molar refractivity (Wildman–Crippen MR) is 148 cm³/mol. The summed E-state index contributed by atoms with van der Waals surface area (Å²) in [5.74, 6) is 2.58. The number of ether oxygens (including phenoxy) is 3. The highest BCUT2D eigenvalue weighted by molar-refractivity contribution is 5.92. The molecule has 0 spiro atoms. The van der Waals surface area contributed by atoms with Crippen molar-refractivity contribution in [3.63, 3.8) is 0 Å². The highest BCUT2D eigenvalue weighted by Gasteiger charge is 2.25. The summed E-state index contributed by atoms with van der Waals surface area (Å²) < 4.78 is 17.4. The SMILES string of the molecule is COc1ccc(O[C@H](CN2CCC(c3cccc(NC(=O)C(C)C)c3)CC2)c2ccccc2)cc1OC. The van der Waals surface area contributed by atoms with E-state index in [4.69, 9.17) is 14.2 Å². The molecule has 4 rings (SSSR count). The molecular weight excluding hydrogens is 464 g/mol. The van der Waals surface area contributed by atoms with Gasteiger partial charge in [-0.3, -0.25) is 9.69 Å². The second-order valence-corrected chi connectivity index (χ2v) is 9.88. The first-order valence-electron chi connectivity index (χ1n) is 13.0. The molecule has 196 valence electrons. The van der Waals surface area contributed by atoms with E-state index < -0.39 is 0 Å². The number of piperidine rings is 1. The van der Waals surface area contributed by atoms with Crippen LogP contribution in [0.4, 0.5) is 5.69 Å². The summed E-state index contributed by atoms with van der Waals surface area (Å²) in [4.78, 5) is 14.6.